The lowest BCUT2D eigenvalue weighted by atomic mass is 10.1. The molecular formula is C19H14Cl2N2O2S. The number of hydrazine groups is 1. The summed E-state index contributed by atoms with van der Waals surface area (Å²) in [5, 5.41) is 3.11. The number of amides is 2. The number of benzene rings is 3. The standard InChI is InChI=1S/C19H14Cl2N2O2S/c20-14-9-7-13(8-10-14)19(25)23-22-17(24)11-26-16-6-2-4-12-3-1-5-15(21)18(12)16/h1-10H,11H2,(H,22,24)(H,23,25). The van der Waals surface area contributed by atoms with Crippen molar-refractivity contribution < 1.29 is 9.59 Å². The predicted octanol–water partition coefficient (Wildman–Crippen LogP) is 4.70. The van der Waals surface area contributed by atoms with E-state index in [0.29, 0.717) is 15.6 Å². The smallest absolute Gasteiger partial charge is 0.269 e. The zero-order valence-corrected chi connectivity index (χ0v) is 15.8. The van der Waals surface area contributed by atoms with Crippen molar-refractivity contribution in [1.29, 1.82) is 0 Å². The fourth-order valence-corrected chi connectivity index (χ4v) is 3.73. The van der Waals surface area contributed by atoms with Gasteiger partial charge in [-0.05, 0) is 41.8 Å². The van der Waals surface area contributed by atoms with Gasteiger partial charge in [-0.2, -0.15) is 0 Å². The fourth-order valence-electron chi connectivity index (χ4n) is 2.36. The van der Waals surface area contributed by atoms with Gasteiger partial charge in [-0.1, -0.05) is 47.5 Å². The number of carbonyl (C=O) groups excluding carboxylic acids is 2. The van der Waals surface area contributed by atoms with E-state index in [-0.39, 0.29) is 11.7 Å². The highest BCUT2D eigenvalue weighted by atomic mass is 35.5. The zero-order chi connectivity index (χ0) is 18.5. The highest BCUT2D eigenvalue weighted by Crippen LogP contribution is 2.32. The van der Waals surface area contributed by atoms with Gasteiger partial charge >= 0.3 is 0 Å². The SMILES string of the molecule is O=C(CSc1cccc2cccc(Cl)c12)NNC(=O)c1ccc(Cl)cc1. The van der Waals surface area contributed by atoms with Crippen molar-refractivity contribution in [3.8, 4) is 0 Å². The zero-order valence-electron chi connectivity index (χ0n) is 13.5. The maximum atomic E-state index is 12.0. The Balaban J connectivity index is 1.58. The van der Waals surface area contributed by atoms with Gasteiger partial charge in [0.15, 0.2) is 0 Å². The largest absolute Gasteiger partial charge is 0.272 e. The third-order valence-corrected chi connectivity index (χ3v) is 5.22. The van der Waals surface area contributed by atoms with E-state index in [4.69, 9.17) is 23.2 Å². The van der Waals surface area contributed by atoms with Crippen molar-refractivity contribution in [1.82, 2.24) is 10.9 Å². The van der Waals surface area contributed by atoms with Gasteiger partial charge in [0.2, 0.25) is 5.91 Å². The molecule has 3 rings (SSSR count). The summed E-state index contributed by atoms with van der Waals surface area (Å²) in [5.41, 5.74) is 5.19. The van der Waals surface area contributed by atoms with Gasteiger partial charge in [0.1, 0.15) is 0 Å². The fraction of sp³-hybridized carbons (Fsp3) is 0.0526. The van der Waals surface area contributed by atoms with Crippen LogP contribution in [0.4, 0.5) is 0 Å². The van der Waals surface area contributed by atoms with E-state index in [1.165, 1.54) is 11.8 Å². The molecule has 26 heavy (non-hydrogen) atoms. The molecule has 0 radical (unpaired) electrons. The first-order valence-electron chi connectivity index (χ1n) is 7.69. The average molecular weight is 405 g/mol. The minimum atomic E-state index is -0.409. The molecule has 0 saturated carbocycles. The molecule has 2 N–H and O–H groups in total. The van der Waals surface area contributed by atoms with Gasteiger partial charge in [-0.3, -0.25) is 20.4 Å². The van der Waals surface area contributed by atoms with Gasteiger partial charge in [0.05, 0.1) is 5.75 Å². The summed E-state index contributed by atoms with van der Waals surface area (Å²) in [6.45, 7) is 0. The second-order valence-corrected chi connectivity index (χ2v) is 7.25. The maximum absolute atomic E-state index is 12.0. The Morgan fingerprint density at radius 2 is 1.58 bits per heavy atom. The van der Waals surface area contributed by atoms with Crippen LogP contribution in [0.25, 0.3) is 10.8 Å². The molecule has 0 bridgehead atoms. The molecule has 4 nitrogen and oxygen atoms in total. The topological polar surface area (TPSA) is 58.2 Å². The van der Waals surface area contributed by atoms with Crippen LogP contribution in [0, 0.1) is 0 Å². The first-order valence-corrected chi connectivity index (χ1v) is 9.43. The van der Waals surface area contributed by atoms with Crippen LogP contribution in [-0.4, -0.2) is 17.6 Å². The molecule has 0 aliphatic rings. The van der Waals surface area contributed by atoms with Gasteiger partial charge in [0, 0.05) is 25.9 Å². The van der Waals surface area contributed by atoms with E-state index >= 15 is 0 Å². The van der Waals surface area contributed by atoms with E-state index in [9.17, 15) is 9.59 Å². The molecule has 0 aliphatic heterocycles. The second-order valence-electron chi connectivity index (χ2n) is 5.39. The van der Waals surface area contributed by atoms with Crippen LogP contribution < -0.4 is 10.9 Å². The highest BCUT2D eigenvalue weighted by molar-refractivity contribution is 8.00. The minimum Gasteiger partial charge on any atom is -0.272 e. The van der Waals surface area contributed by atoms with E-state index in [1.807, 2.05) is 36.4 Å². The summed E-state index contributed by atoms with van der Waals surface area (Å²) in [4.78, 5) is 24.9. The summed E-state index contributed by atoms with van der Waals surface area (Å²) in [5.74, 6) is -0.583. The van der Waals surface area contributed by atoms with Gasteiger partial charge in [-0.25, -0.2) is 0 Å². The number of rotatable bonds is 4. The Hall–Kier alpha value is -2.21. The van der Waals surface area contributed by atoms with E-state index in [1.54, 1.807) is 24.3 Å². The number of halogens is 2. The monoisotopic (exact) mass is 404 g/mol. The van der Waals surface area contributed by atoms with Crippen molar-refractivity contribution in [3.63, 3.8) is 0 Å². The van der Waals surface area contributed by atoms with Crippen LogP contribution >= 0.6 is 35.0 Å². The van der Waals surface area contributed by atoms with E-state index in [0.717, 1.165) is 15.7 Å². The molecule has 0 unspecified atom stereocenters. The molecule has 0 atom stereocenters. The highest BCUT2D eigenvalue weighted by Gasteiger charge is 2.10. The van der Waals surface area contributed by atoms with Crippen LogP contribution in [0.15, 0.2) is 65.6 Å². The Kier molecular flexibility index (Phi) is 6.04. The van der Waals surface area contributed by atoms with Crippen molar-refractivity contribution in [2.75, 3.05) is 5.75 Å². The molecular weight excluding hydrogens is 391 g/mol. The second kappa shape index (κ2) is 8.45. The molecule has 0 aromatic heterocycles. The number of hydrogen-bond acceptors (Lipinski definition) is 3. The van der Waals surface area contributed by atoms with Crippen molar-refractivity contribution in [3.05, 3.63) is 76.3 Å². The molecule has 3 aromatic carbocycles. The third-order valence-electron chi connectivity index (χ3n) is 3.60. The number of carbonyl (C=O) groups is 2. The molecule has 132 valence electrons. The molecule has 0 fully saturated rings. The van der Waals surface area contributed by atoms with E-state index in [2.05, 4.69) is 10.9 Å². The van der Waals surface area contributed by atoms with E-state index < -0.39 is 5.91 Å². The summed E-state index contributed by atoms with van der Waals surface area (Å²) < 4.78 is 0. The average Bonchev–Trinajstić information content (AvgIpc) is 2.65. The Morgan fingerprint density at radius 3 is 2.31 bits per heavy atom. The van der Waals surface area contributed by atoms with Crippen molar-refractivity contribution >= 4 is 57.6 Å². The van der Waals surface area contributed by atoms with Crippen LogP contribution in [0.1, 0.15) is 10.4 Å². The minimum absolute atomic E-state index is 0.144. The van der Waals surface area contributed by atoms with Crippen LogP contribution in [-0.2, 0) is 4.79 Å². The summed E-state index contributed by atoms with van der Waals surface area (Å²) in [6, 6.07) is 17.9. The van der Waals surface area contributed by atoms with Crippen molar-refractivity contribution in [2.24, 2.45) is 0 Å². The summed E-state index contributed by atoms with van der Waals surface area (Å²) in [6.07, 6.45) is 0. The quantitative estimate of drug-likeness (QED) is 0.489. The molecule has 0 saturated heterocycles. The first kappa shape index (κ1) is 18.6. The first-order chi connectivity index (χ1) is 12.5. The molecule has 0 heterocycles. The van der Waals surface area contributed by atoms with Crippen molar-refractivity contribution in [2.45, 2.75) is 4.90 Å². The molecule has 3 aromatic rings. The molecule has 7 heteroatoms. The predicted molar refractivity (Wildman–Crippen MR) is 107 cm³/mol. The number of hydrogen-bond donors (Lipinski definition) is 2. The lowest BCUT2D eigenvalue weighted by Gasteiger charge is -2.09. The van der Waals surface area contributed by atoms with Crippen LogP contribution in [0.5, 0.6) is 0 Å². The molecule has 0 aliphatic carbocycles. The third kappa shape index (κ3) is 4.49. The van der Waals surface area contributed by atoms with Crippen LogP contribution in [0.2, 0.25) is 10.0 Å². The van der Waals surface area contributed by atoms with Gasteiger partial charge < -0.3 is 0 Å². The number of thioether (sulfide) groups is 1. The molecule has 2 amide bonds. The number of fused-ring (bicyclic) bond motifs is 1. The Labute approximate surface area is 164 Å². The Bertz CT molecular complexity index is 956. The number of nitrogens with one attached hydrogen (secondary N) is 2. The lowest BCUT2D eigenvalue weighted by molar-refractivity contribution is -0.119. The van der Waals surface area contributed by atoms with Gasteiger partial charge in [-0.15, -0.1) is 11.8 Å². The summed E-state index contributed by atoms with van der Waals surface area (Å²) in [7, 11) is 0. The normalized spacial score (nSPS) is 10.5. The van der Waals surface area contributed by atoms with Gasteiger partial charge in [0.25, 0.3) is 5.91 Å². The maximum Gasteiger partial charge on any atom is 0.269 e. The van der Waals surface area contributed by atoms with Crippen LogP contribution in [0.3, 0.4) is 0 Å². The molecule has 0 spiro atoms. The lowest BCUT2D eigenvalue weighted by Crippen LogP contribution is -2.42. The summed E-state index contributed by atoms with van der Waals surface area (Å²) >= 11 is 13.4. The Morgan fingerprint density at radius 1 is 0.885 bits per heavy atom.